The van der Waals surface area contributed by atoms with Crippen molar-refractivity contribution in [3.8, 4) is 0 Å². The van der Waals surface area contributed by atoms with E-state index in [1.807, 2.05) is 41.3 Å². The zero-order valence-corrected chi connectivity index (χ0v) is 18.3. The van der Waals surface area contributed by atoms with Crippen LogP contribution in [0.4, 0.5) is 0 Å². The van der Waals surface area contributed by atoms with Crippen LogP contribution in [0.3, 0.4) is 0 Å². The molecule has 2 aromatic heterocycles. The normalized spacial score (nSPS) is 15.7. The number of H-pyrrole nitrogens is 2. The van der Waals surface area contributed by atoms with Gasteiger partial charge in [0.15, 0.2) is 0 Å². The maximum atomic E-state index is 13.8. The summed E-state index contributed by atoms with van der Waals surface area (Å²) in [6.07, 6.45) is 3.65. The Morgan fingerprint density at radius 2 is 1.59 bits per heavy atom. The minimum absolute atomic E-state index is 0.00475. The van der Waals surface area contributed by atoms with Crippen molar-refractivity contribution >= 4 is 29.0 Å². The molecule has 0 aliphatic carbocycles. The van der Waals surface area contributed by atoms with E-state index in [4.69, 9.17) is 12.2 Å². The molecule has 6 nitrogen and oxygen atoms in total. The van der Waals surface area contributed by atoms with Crippen LogP contribution >= 0.6 is 12.2 Å². The van der Waals surface area contributed by atoms with Crippen LogP contribution in [0, 0.1) is 4.64 Å². The Bertz CT molecular complexity index is 1350. The lowest BCUT2D eigenvalue weighted by Crippen LogP contribution is -2.42. The van der Waals surface area contributed by atoms with Gasteiger partial charge < -0.3 is 9.47 Å². The number of piperidine rings is 1. The molecule has 0 bridgehead atoms. The van der Waals surface area contributed by atoms with Gasteiger partial charge in [0.1, 0.15) is 16.1 Å². The van der Waals surface area contributed by atoms with Crippen molar-refractivity contribution in [3.63, 3.8) is 0 Å². The zero-order valence-electron chi connectivity index (χ0n) is 17.5. The summed E-state index contributed by atoms with van der Waals surface area (Å²) < 4.78 is 2.10. The second-order valence-electron chi connectivity index (χ2n) is 8.22. The van der Waals surface area contributed by atoms with Crippen molar-refractivity contribution < 1.29 is 4.79 Å². The smallest absolute Gasteiger partial charge is 0.274 e. The van der Waals surface area contributed by atoms with E-state index in [1.54, 1.807) is 16.8 Å². The third kappa shape index (κ3) is 3.69. The number of benzene rings is 2. The highest BCUT2D eigenvalue weighted by molar-refractivity contribution is 7.71. The summed E-state index contributed by atoms with van der Waals surface area (Å²) in [6.45, 7) is 1.39. The molecule has 162 valence electrons. The fourth-order valence-electron chi connectivity index (χ4n) is 4.65. The molecule has 1 unspecified atom stereocenters. The summed E-state index contributed by atoms with van der Waals surface area (Å²) in [6, 6.07) is 21.3. The van der Waals surface area contributed by atoms with E-state index in [1.165, 1.54) is 5.56 Å². The van der Waals surface area contributed by atoms with Gasteiger partial charge in [0, 0.05) is 19.3 Å². The molecule has 1 aliphatic rings. The SMILES string of the molecule is O=C(C(c1ccccc1)n1ccc2[nH][nH]c(=O)c2c1=S)N1CCC(c2ccccc2)CC1. The Labute approximate surface area is 190 Å². The van der Waals surface area contributed by atoms with Crippen molar-refractivity contribution in [3.05, 3.63) is 99.0 Å². The van der Waals surface area contributed by atoms with Crippen LogP contribution in [0.5, 0.6) is 0 Å². The quantitative estimate of drug-likeness (QED) is 0.459. The number of fused-ring (bicyclic) bond motifs is 1. The molecule has 0 spiro atoms. The van der Waals surface area contributed by atoms with Gasteiger partial charge in [0.2, 0.25) is 5.91 Å². The minimum atomic E-state index is -0.615. The molecule has 1 aliphatic heterocycles. The molecular weight excluding hydrogens is 420 g/mol. The van der Waals surface area contributed by atoms with Crippen molar-refractivity contribution in [1.82, 2.24) is 19.7 Å². The Morgan fingerprint density at radius 3 is 2.28 bits per heavy atom. The summed E-state index contributed by atoms with van der Waals surface area (Å²) in [5, 5.41) is 5.82. The summed E-state index contributed by atoms with van der Waals surface area (Å²) in [7, 11) is 0. The molecule has 0 radical (unpaired) electrons. The number of nitrogens with one attached hydrogen (secondary N) is 2. The largest absolute Gasteiger partial charge is 0.341 e. The van der Waals surface area contributed by atoms with Crippen LogP contribution in [0.25, 0.3) is 10.9 Å². The Balaban J connectivity index is 1.48. The molecule has 2 N–H and O–H groups in total. The molecule has 32 heavy (non-hydrogen) atoms. The number of carbonyl (C=O) groups excluding carboxylic acids is 1. The summed E-state index contributed by atoms with van der Waals surface area (Å²) >= 11 is 5.67. The molecule has 3 heterocycles. The Morgan fingerprint density at radius 1 is 0.938 bits per heavy atom. The number of aromatic amines is 2. The highest BCUT2D eigenvalue weighted by Gasteiger charge is 2.31. The van der Waals surface area contributed by atoms with E-state index >= 15 is 0 Å². The third-order valence-electron chi connectivity index (χ3n) is 6.36. The molecule has 7 heteroatoms. The molecule has 1 saturated heterocycles. The van der Waals surface area contributed by atoms with Gasteiger partial charge in [0.05, 0.1) is 5.52 Å². The van der Waals surface area contributed by atoms with E-state index in [-0.39, 0.29) is 11.5 Å². The Hall–Kier alpha value is -3.45. The predicted molar refractivity (Wildman–Crippen MR) is 127 cm³/mol. The molecule has 1 fully saturated rings. The number of hydrogen-bond acceptors (Lipinski definition) is 3. The van der Waals surface area contributed by atoms with Crippen molar-refractivity contribution in [2.75, 3.05) is 13.1 Å². The van der Waals surface area contributed by atoms with Gasteiger partial charge in [-0.25, -0.2) is 0 Å². The molecule has 2 aromatic carbocycles. The first-order chi connectivity index (χ1) is 15.6. The fourth-order valence-corrected chi connectivity index (χ4v) is 5.02. The summed E-state index contributed by atoms with van der Waals surface area (Å²) in [4.78, 5) is 28.0. The topological polar surface area (TPSA) is 73.9 Å². The maximum Gasteiger partial charge on any atom is 0.274 e. The number of nitrogens with zero attached hydrogens (tertiary/aromatic N) is 2. The molecule has 1 amide bonds. The lowest BCUT2D eigenvalue weighted by Gasteiger charge is -2.35. The molecular formula is C25H24N4O2S. The Kier molecular flexibility index (Phi) is 5.49. The van der Waals surface area contributed by atoms with E-state index in [9.17, 15) is 9.59 Å². The number of carbonyl (C=O) groups is 1. The lowest BCUT2D eigenvalue weighted by molar-refractivity contribution is -0.134. The van der Waals surface area contributed by atoms with Crippen LogP contribution in [-0.2, 0) is 4.79 Å². The summed E-state index contributed by atoms with van der Waals surface area (Å²) in [5.74, 6) is 0.470. The van der Waals surface area contributed by atoms with Gasteiger partial charge in [-0.15, -0.1) is 0 Å². The molecule has 5 rings (SSSR count). The first-order valence-electron chi connectivity index (χ1n) is 10.8. The second kappa shape index (κ2) is 8.59. The van der Waals surface area contributed by atoms with Gasteiger partial charge >= 0.3 is 0 Å². The van der Waals surface area contributed by atoms with E-state index in [0.717, 1.165) is 18.4 Å². The van der Waals surface area contributed by atoms with Crippen molar-refractivity contribution in [2.24, 2.45) is 0 Å². The maximum absolute atomic E-state index is 13.8. The van der Waals surface area contributed by atoms with Gasteiger partial charge in [-0.2, -0.15) is 0 Å². The number of rotatable bonds is 4. The average molecular weight is 445 g/mol. The van der Waals surface area contributed by atoms with Crippen LogP contribution in [0.2, 0.25) is 0 Å². The monoisotopic (exact) mass is 444 g/mol. The predicted octanol–water partition coefficient (Wildman–Crippen LogP) is 4.38. The molecule has 4 aromatic rings. The van der Waals surface area contributed by atoms with Crippen LogP contribution in [0.1, 0.15) is 35.9 Å². The van der Waals surface area contributed by atoms with Gasteiger partial charge in [-0.3, -0.25) is 19.8 Å². The first-order valence-corrected chi connectivity index (χ1v) is 11.2. The summed E-state index contributed by atoms with van der Waals surface area (Å²) in [5.41, 5.74) is 2.55. The van der Waals surface area contributed by atoms with Crippen molar-refractivity contribution in [2.45, 2.75) is 24.8 Å². The molecule has 1 atom stereocenters. The van der Waals surface area contributed by atoms with Crippen molar-refractivity contribution in [1.29, 1.82) is 0 Å². The van der Waals surface area contributed by atoms with E-state index in [0.29, 0.717) is 34.6 Å². The van der Waals surface area contributed by atoms with Gasteiger partial charge in [0.25, 0.3) is 5.56 Å². The van der Waals surface area contributed by atoms with Crippen LogP contribution in [0.15, 0.2) is 77.7 Å². The zero-order chi connectivity index (χ0) is 22.1. The van der Waals surface area contributed by atoms with Gasteiger partial charge in [-0.1, -0.05) is 72.9 Å². The number of pyridine rings is 1. The second-order valence-corrected chi connectivity index (χ2v) is 8.61. The fraction of sp³-hybridized carbons (Fsp3) is 0.240. The number of likely N-dealkylation sites (tertiary alicyclic amines) is 1. The van der Waals surface area contributed by atoms with Gasteiger partial charge in [-0.05, 0) is 36.0 Å². The first kappa shape index (κ1) is 20.5. The lowest BCUT2D eigenvalue weighted by atomic mass is 9.89. The molecule has 0 saturated carbocycles. The number of hydrogen-bond donors (Lipinski definition) is 2. The third-order valence-corrected chi connectivity index (χ3v) is 6.78. The highest BCUT2D eigenvalue weighted by Crippen LogP contribution is 2.30. The van der Waals surface area contributed by atoms with E-state index < -0.39 is 6.04 Å². The number of amides is 1. The number of aromatic nitrogens is 3. The van der Waals surface area contributed by atoms with E-state index in [2.05, 4.69) is 34.5 Å². The van der Waals surface area contributed by atoms with Crippen LogP contribution in [-0.4, -0.2) is 38.7 Å². The minimum Gasteiger partial charge on any atom is -0.341 e. The van der Waals surface area contributed by atoms with Crippen LogP contribution < -0.4 is 5.56 Å². The standard InChI is InChI=1S/C25H24N4O2S/c30-23-21-20(26-27-23)13-16-29(25(21)32)22(19-9-5-2-6-10-19)24(31)28-14-11-18(12-15-28)17-7-3-1-4-8-17/h1-10,13,16,18,22H,11-12,14-15H2,(H2,26,27,30). The highest BCUT2D eigenvalue weighted by atomic mass is 32.1. The average Bonchev–Trinajstić information content (AvgIpc) is 3.23.